The van der Waals surface area contributed by atoms with Gasteiger partial charge >= 0.3 is 0 Å². The summed E-state index contributed by atoms with van der Waals surface area (Å²) in [5, 5.41) is 0.282. The Morgan fingerprint density at radius 3 is 2.38 bits per heavy atom. The molecule has 0 aromatic heterocycles. The van der Waals surface area contributed by atoms with E-state index < -0.39 is 10.0 Å². The standard InChI is InChI=1S/C15H13Cl3N2O3S/c1-20(2)15(21)10-7-6-9(16)8-12(10)19-24(22,23)13-5-3-4-11(17)14(13)18/h3-8,19H,1-2H3. The van der Waals surface area contributed by atoms with Crippen LogP contribution in [0.15, 0.2) is 41.3 Å². The molecule has 1 N–H and O–H groups in total. The second-order valence-electron chi connectivity index (χ2n) is 5.05. The maximum absolute atomic E-state index is 12.6. The lowest BCUT2D eigenvalue weighted by atomic mass is 10.1. The molecule has 0 spiro atoms. The zero-order valence-electron chi connectivity index (χ0n) is 12.7. The van der Waals surface area contributed by atoms with E-state index in [1.54, 1.807) is 14.1 Å². The number of anilines is 1. The van der Waals surface area contributed by atoms with Crippen molar-refractivity contribution in [1.29, 1.82) is 0 Å². The highest BCUT2D eigenvalue weighted by atomic mass is 35.5. The molecule has 2 rings (SSSR count). The van der Waals surface area contributed by atoms with Gasteiger partial charge in [0.25, 0.3) is 15.9 Å². The van der Waals surface area contributed by atoms with Crippen LogP contribution < -0.4 is 4.72 Å². The van der Waals surface area contributed by atoms with E-state index >= 15 is 0 Å². The third kappa shape index (κ3) is 3.95. The molecule has 2 aromatic rings. The smallest absolute Gasteiger partial charge is 0.263 e. The van der Waals surface area contributed by atoms with Crippen LogP contribution in [0.1, 0.15) is 10.4 Å². The first kappa shape index (κ1) is 18.9. The van der Waals surface area contributed by atoms with Crippen molar-refractivity contribution in [1.82, 2.24) is 4.90 Å². The topological polar surface area (TPSA) is 66.5 Å². The van der Waals surface area contributed by atoms with Crippen molar-refractivity contribution < 1.29 is 13.2 Å². The quantitative estimate of drug-likeness (QED) is 0.828. The predicted molar refractivity (Wildman–Crippen MR) is 96.7 cm³/mol. The van der Waals surface area contributed by atoms with Crippen LogP contribution in [0.5, 0.6) is 0 Å². The van der Waals surface area contributed by atoms with Gasteiger partial charge in [0.1, 0.15) is 4.90 Å². The zero-order valence-corrected chi connectivity index (χ0v) is 15.8. The summed E-state index contributed by atoms with van der Waals surface area (Å²) in [5.74, 6) is -0.374. The van der Waals surface area contributed by atoms with Crippen LogP contribution in [-0.2, 0) is 10.0 Å². The average Bonchev–Trinajstić information content (AvgIpc) is 2.49. The van der Waals surface area contributed by atoms with Crippen LogP contribution in [-0.4, -0.2) is 33.3 Å². The first-order valence-electron chi connectivity index (χ1n) is 6.61. The van der Waals surface area contributed by atoms with Gasteiger partial charge in [-0.3, -0.25) is 9.52 Å². The number of amides is 1. The minimum absolute atomic E-state index is 0.0530. The number of hydrogen-bond acceptors (Lipinski definition) is 3. The fraction of sp³-hybridized carbons (Fsp3) is 0.133. The van der Waals surface area contributed by atoms with Crippen LogP contribution in [0.3, 0.4) is 0 Å². The third-order valence-corrected chi connectivity index (χ3v) is 5.64. The lowest BCUT2D eigenvalue weighted by molar-refractivity contribution is 0.0828. The Labute approximate surface area is 155 Å². The van der Waals surface area contributed by atoms with E-state index in [4.69, 9.17) is 34.8 Å². The van der Waals surface area contributed by atoms with Crippen molar-refractivity contribution in [3.63, 3.8) is 0 Å². The number of nitrogens with zero attached hydrogens (tertiary/aromatic N) is 1. The maximum Gasteiger partial charge on any atom is 0.263 e. The second kappa shape index (κ2) is 7.19. The van der Waals surface area contributed by atoms with Crippen molar-refractivity contribution in [3.05, 3.63) is 57.0 Å². The van der Waals surface area contributed by atoms with Gasteiger partial charge in [0.05, 0.1) is 21.3 Å². The largest absolute Gasteiger partial charge is 0.345 e. The molecule has 0 aliphatic heterocycles. The monoisotopic (exact) mass is 406 g/mol. The molecule has 0 heterocycles. The van der Waals surface area contributed by atoms with Crippen LogP contribution in [0.4, 0.5) is 5.69 Å². The first-order valence-corrected chi connectivity index (χ1v) is 9.23. The van der Waals surface area contributed by atoms with Gasteiger partial charge < -0.3 is 4.90 Å². The van der Waals surface area contributed by atoms with Crippen molar-refractivity contribution in [2.45, 2.75) is 4.90 Å². The molecule has 0 unspecified atom stereocenters. The van der Waals surface area contributed by atoms with Gasteiger partial charge in [-0.15, -0.1) is 0 Å². The average molecular weight is 408 g/mol. The molecule has 0 radical (unpaired) electrons. The molecule has 0 fully saturated rings. The van der Waals surface area contributed by atoms with Crippen LogP contribution in [0.2, 0.25) is 15.1 Å². The molecule has 5 nitrogen and oxygen atoms in total. The van der Waals surface area contributed by atoms with Gasteiger partial charge in [-0.1, -0.05) is 40.9 Å². The summed E-state index contributed by atoms with van der Waals surface area (Å²) in [7, 11) is -0.944. The summed E-state index contributed by atoms with van der Waals surface area (Å²) in [6.45, 7) is 0. The lowest BCUT2D eigenvalue weighted by Crippen LogP contribution is -2.24. The SMILES string of the molecule is CN(C)C(=O)c1ccc(Cl)cc1NS(=O)(=O)c1cccc(Cl)c1Cl. The normalized spacial score (nSPS) is 11.2. The van der Waals surface area contributed by atoms with Crippen molar-refractivity contribution in [2.24, 2.45) is 0 Å². The summed E-state index contributed by atoms with van der Waals surface area (Å²) in [6.07, 6.45) is 0. The molecule has 0 aliphatic rings. The molecule has 0 bridgehead atoms. The minimum atomic E-state index is -4.06. The molecule has 2 aromatic carbocycles. The molecular weight excluding hydrogens is 395 g/mol. The van der Waals surface area contributed by atoms with Crippen LogP contribution >= 0.6 is 34.8 Å². The molecule has 0 atom stereocenters. The van der Waals surface area contributed by atoms with Gasteiger partial charge in [-0.2, -0.15) is 0 Å². The van der Waals surface area contributed by atoms with E-state index in [0.717, 1.165) is 0 Å². The number of nitrogens with one attached hydrogen (secondary N) is 1. The Bertz CT molecular complexity index is 899. The number of benzene rings is 2. The number of rotatable bonds is 4. The van der Waals surface area contributed by atoms with E-state index in [2.05, 4.69) is 4.72 Å². The fourth-order valence-electron chi connectivity index (χ4n) is 1.92. The van der Waals surface area contributed by atoms with Crippen molar-refractivity contribution in [3.8, 4) is 0 Å². The molecule has 0 saturated heterocycles. The zero-order chi connectivity index (χ0) is 18.1. The minimum Gasteiger partial charge on any atom is -0.345 e. The van der Waals surface area contributed by atoms with Gasteiger partial charge in [0.2, 0.25) is 0 Å². The fourth-order valence-corrected chi connectivity index (χ4v) is 3.92. The highest BCUT2D eigenvalue weighted by Crippen LogP contribution is 2.31. The summed E-state index contributed by atoms with van der Waals surface area (Å²) in [4.78, 5) is 13.4. The molecule has 1 amide bonds. The van der Waals surface area contributed by atoms with E-state index in [9.17, 15) is 13.2 Å². The number of hydrogen-bond donors (Lipinski definition) is 1. The van der Waals surface area contributed by atoms with E-state index in [-0.39, 0.29) is 37.1 Å². The maximum atomic E-state index is 12.6. The number of halogens is 3. The highest BCUT2D eigenvalue weighted by molar-refractivity contribution is 7.92. The Morgan fingerprint density at radius 1 is 1.08 bits per heavy atom. The lowest BCUT2D eigenvalue weighted by Gasteiger charge is -2.16. The summed E-state index contributed by atoms with van der Waals surface area (Å²) < 4.78 is 27.6. The van der Waals surface area contributed by atoms with Gasteiger partial charge in [0, 0.05) is 19.1 Å². The Hall–Kier alpha value is -1.47. The van der Waals surface area contributed by atoms with Crippen LogP contribution in [0, 0.1) is 0 Å². The number of carbonyl (C=O) groups is 1. The van der Waals surface area contributed by atoms with E-state index in [0.29, 0.717) is 0 Å². The first-order chi connectivity index (χ1) is 11.1. The molecule has 128 valence electrons. The molecule has 24 heavy (non-hydrogen) atoms. The summed E-state index contributed by atoms with van der Waals surface area (Å²) in [6, 6.07) is 8.56. The Kier molecular flexibility index (Phi) is 5.65. The number of sulfonamides is 1. The predicted octanol–water partition coefficient (Wildman–Crippen LogP) is 4.15. The number of carbonyl (C=O) groups excluding carboxylic acids is 1. The van der Waals surface area contributed by atoms with Crippen LogP contribution in [0.25, 0.3) is 0 Å². The van der Waals surface area contributed by atoms with E-state index in [1.165, 1.54) is 41.3 Å². The highest BCUT2D eigenvalue weighted by Gasteiger charge is 2.23. The third-order valence-electron chi connectivity index (χ3n) is 3.07. The van der Waals surface area contributed by atoms with Gasteiger partial charge in [0.15, 0.2) is 0 Å². The summed E-state index contributed by atoms with van der Waals surface area (Å²) >= 11 is 17.8. The second-order valence-corrected chi connectivity index (χ2v) is 7.92. The molecular formula is C15H13Cl3N2O3S. The Balaban J connectivity index is 2.52. The Morgan fingerprint density at radius 2 is 1.75 bits per heavy atom. The van der Waals surface area contributed by atoms with Crippen molar-refractivity contribution in [2.75, 3.05) is 18.8 Å². The molecule has 0 saturated carbocycles. The van der Waals surface area contributed by atoms with E-state index in [1.807, 2.05) is 0 Å². The van der Waals surface area contributed by atoms with Gasteiger partial charge in [-0.25, -0.2) is 8.42 Å². The van der Waals surface area contributed by atoms with Gasteiger partial charge in [-0.05, 0) is 30.3 Å². The summed E-state index contributed by atoms with van der Waals surface area (Å²) in [5.41, 5.74) is 0.211. The molecule has 0 aliphatic carbocycles. The van der Waals surface area contributed by atoms with Crippen molar-refractivity contribution >= 4 is 56.4 Å². The molecule has 9 heteroatoms.